The number of rotatable bonds is 5. The summed E-state index contributed by atoms with van der Waals surface area (Å²) in [6.07, 6.45) is -5.03. The van der Waals surface area contributed by atoms with Crippen LogP contribution in [-0.2, 0) is 12.0 Å². The van der Waals surface area contributed by atoms with Crippen LogP contribution in [0.15, 0.2) is 24.4 Å². The molecule has 1 amide bonds. The van der Waals surface area contributed by atoms with Crippen molar-refractivity contribution in [1.82, 2.24) is 30.0 Å². The summed E-state index contributed by atoms with van der Waals surface area (Å²) in [4.78, 5) is 12.5. The number of aromatic nitrogens is 4. The van der Waals surface area contributed by atoms with Gasteiger partial charge in [0.2, 0.25) is 0 Å². The van der Waals surface area contributed by atoms with E-state index in [2.05, 4.69) is 38.0 Å². The van der Waals surface area contributed by atoms with Gasteiger partial charge in [0.25, 0.3) is 5.91 Å². The van der Waals surface area contributed by atoms with E-state index in [4.69, 9.17) is 5.73 Å². The first-order chi connectivity index (χ1) is 17.8. The van der Waals surface area contributed by atoms with Crippen LogP contribution < -0.4 is 21.7 Å². The molecule has 1 fully saturated rings. The van der Waals surface area contributed by atoms with Gasteiger partial charge in [0.05, 0.1) is 36.3 Å². The second kappa shape index (κ2) is 10.5. The molecule has 0 aromatic carbocycles. The minimum Gasteiger partial charge on any atom is -0.383 e. The first-order valence-electron chi connectivity index (χ1n) is 12.1. The summed E-state index contributed by atoms with van der Waals surface area (Å²) in [5, 5.41) is 17.1. The highest BCUT2D eigenvalue weighted by Gasteiger charge is 2.32. The normalized spacial score (nSPS) is 18.2. The van der Waals surface area contributed by atoms with Gasteiger partial charge in [-0.1, -0.05) is 12.0 Å². The summed E-state index contributed by atoms with van der Waals surface area (Å²) in [5.74, 6) is 5.38. The van der Waals surface area contributed by atoms with E-state index in [1.165, 1.54) is 21.5 Å². The maximum atomic E-state index is 14.3. The van der Waals surface area contributed by atoms with Crippen LogP contribution >= 0.6 is 0 Å². The van der Waals surface area contributed by atoms with Gasteiger partial charge < -0.3 is 21.7 Å². The summed E-state index contributed by atoms with van der Waals surface area (Å²) in [6, 6.07) is 4.23. The number of nitrogen functional groups attached to an aromatic ring is 1. The largest absolute Gasteiger partial charge is 0.393 e. The number of alkyl halides is 4. The van der Waals surface area contributed by atoms with Crippen molar-refractivity contribution < 1.29 is 22.4 Å². The van der Waals surface area contributed by atoms with E-state index in [-0.39, 0.29) is 41.2 Å². The van der Waals surface area contributed by atoms with Crippen molar-refractivity contribution in [3.8, 4) is 11.8 Å². The number of nitrogens with two attached hydrogens (primary N) is 1. The summed E-state index contributed by atoms with van der Waals surface area (Å²) in [7, 11) is 0. The molecule has 38 heavy (non-hydrogen) atoms. The minimum absolute atomic E-state index is 0.0759. The number of hydrogen-bond acceptors (Lipinski definition) is 6. The van der Waals surface area contributed by atoms with Crippen molar-refractivity contribution in [3.63, 3.8) is 0 Å². The van der Waals surface area contributed by atoms with Crippen molar-refractivity contribution in [2.45, 2.75) is 57.5 Å². The zero-order chi connectivity index (χ0) is 27.7. The molecule has 3 aromatic rings. The molecule has 0 unspecified atom stereocenters. The second-order valence-corrected chi connectivity index (χ2v) is 10.1. The lowest BCUT2D eigenvalue weighted by Crippen LogP contribution is -2.45. The topological polar surface area (TPSA) is 114 Å². The lowest BCUT2D eigenvalue weighted by Gasteiger charge is -2.28. The fraction of sp³-hybridized carbons (Fsp3) is 0.480. The average Bonchev–Trinajstić information content (AvgIpc) is 3.38. The number of halogens is 4. The van der Waals surface area contributed by atoms with Gasteiger partial charge in [-0.05, 0) is 51.8 Å². The van der Waals surface area contributed by atoms with Gasteiger partial charge in [0.15, 0.2) is 0 Å². The van der Waals surface area contributed by atoms with Gasteiger partial charge in [0, 0.05) is 12.1 Å². The molecular weight excluding hydrogens is 504 g/mol. The quantitative estimate of drug-likeness (QED) is 0.296. The summed E-state index contributed by atoms with van der Waals surface area (Å²) >= 11 is 0. The zero-order valence-corrected chi connectivity index (χ0v) is 21.3. The Hall–Kier alpha value is -3.79. The summed E-state index contributed by atoms with van der Waals surface area (Å²) in [6.45, 7) is 6.33. The molecule has 2 atom stereocenters. The predicted octanol–water partition coefficient (Wildman–Crippen LogP) is 2.87. The van der Waals surface area contributed by atoms with E-state index in [0.717, 1.165) is 0 Å². The third kappa shape index (κ3) is 6.02. The zero-order valence-electron chi connectivity index (χ0n) is 21.3. The molecule has 1 saturated heterocycles. The highest BCUT2D eigenvalue weighted by Crippen LogP contribution is 2.28. The Kier molecular flexibility index (Phi) is 7.55. The third-order valence-corrected chi connectivity index (χ3v) is 6.11. The van der Waals surface area contributed by atoms with E-state index < -0.39 is 36.3 Å². The molecule has 0 aliphatic carbocycles. The molecule has 5 N–H and O–H groups in total. The van der Waals surface area contributed by atoms with E-state index in [1.54, 1.807) is 12.1 Å². The highest BCUT2D eigenvalue weighted by molar-refractivity contribution is 5.98. The van der Waals surface area contributed by atoms with Crippen LogP contribution in [0.25, 0.3) is 5.52 Å². The number of pyridine rings is 1. The van der Waals surface area contributed by atoms with Crippen LogP contribution in [0.2, 0.25) is 0 Å². The van der Waals surface area contributed by atoms with Crippen molar-refractivity contribution in [2.24, 2.45) is 0 Å². The Morgan fingerprint density at radius 1 is 1.29 bits per heavy atom. The number of anilines is 2. The van der Waals surface area contributed by atoms with Gasteiger partial charge in [-0.25, -0.2) is 13.6 Å². The minimum atomic E-state index is -4.50. The fourth-order valence-electron chi connectivity index (χ4n) is 4.29. The fourth-order valence-corrected chi connectivity index (χ4v) is 4.29. The molecule has 204 valence electrons. The number of hydrogen-bond donors (Lipinski definition) is 4. The lowest BCUT2D eigenvalue weighted by atomic mass is 10.1. The predicted molar refractivity (Wildman–Crippen MR) is 136 cm³/mol. The molecule has 4 rings (SSSR count). The number of carbonyl (C=O) groups excluding carboxylic acids is 1. The van der Waals surface area contributed by atoms with Gasteiger partial charge in [-0.3, -0.25) is 4.79 Å². The molecule has 0 radical (unpaired) electrons. The molecule has 0 saturated carbocycles. The smallest absolute Gasteiger partial charge is 0.383 e. The van der Waals surface area contributed by atoms with E-state index in [1.807, 2.05) is 20.8 Å². The molecular formula is C25H30F4N8O. The number of fused-ring (bicyclic) bond motifs is 1. The van der Waals surface area contributed by atoms with Crippen LogP contribution in [0.4, 0.5) is 29.2 Å². The Morgan fingerprint density at radius 2 is 2.05 bits per heavy atom. The van der Waals surface area contributed by atoms with Crippen molar-refractivity contribution in [2.75, 3.05) is 30.7 Å². The molecule has 1 aliphatic heterocycles. The maximum absolute atomic E-state index is 14.3. The van der Waals surface area contributed by atoms with Crippen LogP contribution in [0.3, 0.4) is 0 Å². The number of piperidine rings is 1. The number of nitrogens with one attached hydrogen (secondary N) is 3. The summed E-state index contributed by atoms with van der Waals surface area (Å²) in [5.41, 5.74) is 5.84. The van der Waals surface area contributed by atoms with Gasteiger partial charge >= 0.3 is 6.18 Å². The van der Waals surface area contributed by atoms with Gasteiger partial charge in [0.1, 0.15) is 29.1 Å². The Bertz CT molecular complexity index is 1380. The standard InChI is InChI=1S/C25H30F4N8O/c1-24(2,3)37-22(30)16(13-33-37)23(38)32-10-5-6-18-15(12-25(27,28)29)20-7-4-8-21(36(20)35-18)34-19-9-11-31-14-17(19)26/h4,7-8,13,17,19,31,34H,9-12,14,30H2,1-3H3,(H,32,38)/t17-,19+/m0/s1. The molecule has 4 heterocycles. The van der Waals surface area contributed by atoms with Crippen molar-refractivity contribution >= 4 is 23.1 Å². The Balaban J connectivity index is 1.57. The first kappa shape index (κ1) is 27.3. The molecule has 1 aliphatic rings. The Morgan fingerprint density at radius 3 is 2.71 bits per heavy atom. The van der Waals surface area contributed by atoms with Crippen LogP contribution in [-0.4, -0.2) is 63.3 Å². The molecule has 0 spiro atoms. The molecule has 9 nitrogen and oxygen atoms in total. The van der Waals surface area contributed by atoms with Crippen molar-refractivity contribution in [1.29, 1.82) is 0 Å². The summed E-state index contributed by atoms with van der Waals surface area (Å²) < 4.78 is 57.5. The molecule has 3 aromatic heterocycles. The second-order valence-electron chi connectivity index (χ2n) is 10.1. The van der Waals surface area contributed by atoms with Crippen LogP contribution in [0.5, 0.6) is 0 Å². The number of nitrogens with zero attached hydrogens (tertiary/aromatic N) is 4. The first-order valence-corrected chi connectivity index (χ1v) is 12.1. The van der Waals surface area contributed by atoms with E-state index in [9.17, 15) is 22.4 Å². The van der Waals surface area contributed by atoms with Crippen molar-refractivity contribution in [3.05, 3.63) is 41.2 Å². The highest BCUT2D eigenvalue weighted by atomic mass is 19.4. The SMILES string of the molecule is CC(C)(C)n1ncc(C(=O)NCC#Cc2nn3c(N[C@@H]4CCNC[C@@H]4F)cccc3c2CC(F)(F)F)c1N. The lowest BCUT2D eigenvalue weighted by molar-refractivity contribution is -0.127. The van der Waals surface area contributed by atoms with E-state index in [0.29, 0.717) is 18.8 Å². The van der Waals surface area contributed by atoms with Gasteiger partial charge in [-0.15, -0.1) is 0 Å². The number of amides is 1. The maximum Gasteiger partial charge on any atom is 0.393 e. The Labute approximate surface area is 217 Å². The number of carbonyl (C=O) groups is 1. The third-order valence-electron chi connectivity index (χ3n) is 6.11. The molecule has 13 heteroatoms. The monoisotopic (exact) mass is 534 g/mol. The van der Waals surface area contributed by atoms with Crippen LogP contribution in [0, 0.1) is 11.8 Å². The van der Waals surface area contributed by atoms with Gasteiger partial charge in [-0.2, -0.15) is 23.4 Å². The molecule has 0 bridgehead atoms. The van der Waals surface area contributed by atoms with Crippen LogP contribution in [0.1, 0.15) is 48.8 Å². The van der Waals surface area contributed by atoms with E-state index >= 15 is 0 Å². The average molecular weight is 535 g/mol.